The molecule has 0 N–H and O–H groups in total. The van der Waals surface area contributed by atoms with Crippen molar-refractivity contribution in [3.05, 3.63) is 107 Å². The lowest BCUT2D eigenvalue weighted by atomic mass is 10.1. The standard InChI is InChI=1S/C29H30O2SSi/c1-29(2,3)33(27-11-7-5-8-12-27,28-13-9-6-10-14-28)31-26-20-24(19-25(21-26)30-4)16-15-23-17-18-32-22-23/h5-22H,1-4H3. The number of methoxy groups -OCH3 is 1. The summed E-state index contributed by atoms with van der Waals surface area (Å²) in [6.45, 7) is 6.87. The zero-order valence-corrected chi connectivity index (χ0v) is 21.4. The van der Waals surface area contributed by atoms with Crippen LogP contribution in [0.5, 0.6) is 11.5 Å². The van der Waals surface area contributed by atoms with E-state index in [2.05, 4.69) is 116 Å². The maximum atomic E-state index is 7.19. The third-order valence-electron chi connectivity index (χ3n) is 5.84. The molecule has 0 saturated heterocycles. The molecule has 33 heavy (non-hydrogen) atoms. The molecular weight excluding hydrogens is 440 g/mol. The Labute approximate surface area is 202 Å². The number of hydrogen-bond acceptors (Lipinski definition) is 3. The second kappa shape index (κ2) is 9.82. The lowest BCUT2D eigenvalue weighted by Gasteiger charge is -2.43. The van der Waals surface area contributed by atoms with E-state index < -0.39 is 8.32 Å². The van der Waals surface area contributed by atoms with Crippen LogP contribution in [0.15, 0.2) is 95.7 Å². The minimum absolute atomic E-state index is 0.106. The van der Waals surface area contributed by atoms with Gasteiger partial charge in [0.2, 0.25) is 0 Å². The monoisotopic (exact) mass is 470 g/mol. The fraction of sp³-hybridized carbons (Fsp3) is 0.172. The van der Waals surface area contributed by atoms with E-state index in [1.54, 1.807) is 18.4 Å². The predicted molar refractivity (Wildman–Crippen MR) is 144 cm³/mol. The maximum absolute atomic E-state index is 7.19. The van der Waals surface area contributed by atoms with Crippen molar-refractivity contribution in [3.8, 4) is 11.5 Å². The Balaban J connectivity index is 1.85. The average Bonchev–Trinajstić information content (AvgIpc) is 3.35. The van der Waals surface area contributed by atoms with Crippen LogP contribution in [0.1, 0.15) is 31.9 Å². The first-order valence-corrected chi connectivity index (χ1v) is 14.0. The fourth-order valence-electron chi connectivity index (χ4n) is 4.26. The zero-order chi connectivity index (χ0) is 23.3. The van der Waals surface area contributed by atoms with Gasteiger partial charge in [-0.15, -0.1) is 0 Å². The highest BCUT2D eigenvalue weighted by Gasteiger charge is 2.52. The van der Waals surface area contributed by atoms with Gasteiger partial charge in [-0.2, -0.15) is 11.3 Å². The smallest absolute Gasteiger partial charge is 0.319 e. The van der Waals surface area contributed by atoms with Gasteiger partial charge in [-0.05, 0) is 55.5 Å². The highest BCUT2D eigenvalue weighted by atomic mass is 32.1. The molecule has 3 aromatic carbocycles. The van der Waals surface area contributed by atoms with E-state index >= 15 is 0 Å². The summed E-state index contributed by atoms with van der Waals surface area (Å²) in [5, 5.41) is 6.62. The molecule has 0 unspecified atom stereocenters. The topological polar surface area (TPSA) is 18.5 Å². The molecule has 0 radical (unpaired) electrons. The van der Waals surface area contributed by atoms with Crippen molar-refractivity contribution in [3.63, 3.8) is 0 Å². The van der Waals surface area contributed by atoms with Crippen LogP contribution in [0.2, 0.25) is 5.04 Å². The normalized spacial score (nSPS) is 12.1. The SMILES string of the molecule is COc1cc(C=Cc2ccsc2)cc(O[Si](c2ccccc2)(c2ccccc2)C(C)(C)C)c1. The summed E-state index contributed by atoms with van der Waals surface area (Å²) in [5.74, 6) is 1.61. The molecule has 2 nitrogen and oxygen atoms in total. The largest absolute Gasteiger partial charge is 0.534 e. The third-order valence-corrected chi connectivity index (χ3v) is 11.5. The molecule has 0 saturated carbocycles. The summed E-state index contributed by atoms with van der Waals surface area (Å²) in [6, 6.07) is 29.7. The van der Waals surface area contributed by atoms with Gasteiger partial charge in [-0.25, -0.2) is 0 Å². The number of rotatable bonds is 7. The van der Waals surface area contributed by atoms with Crippen molar-refractivity contribution in [2.45, 2.75) is 25.8 Å². The van der Waals surface area contributed by atoms with Crippen molar-refractivity contribution in [1.82, 2.24) is 0 Å². The van der Waals surface area contributed by atoms with E-state index in [1.165, 1.54) is 15.9 Å². The average molecular weight is 471 g/mol. The van der Waals surface area contributed by atoms with Gasteiger partial charge >= 0.3 is 8.32 Å². The third kappa shape index (κ3) is 4.97. The Bertz CT molecular complexity index is 1150. The summed E-state index contributed by atoms with van der Waals surface area (Å²) in [4.78, 5) is 0. The van der Waals surface area contributed by atoms with Crippen LogP contribution in [-0.2, 0) is 0 Å². The first-order valence-electron chi connectivity index (χ1n) is 11.1. The molecule has 4 rings (SSSR count). The number of benzene rings is 3. The molecule has 168 valence electrons. The Morgan fingerprint density at radius 3 is 1.82 bits per heavy atom. The van der Waals surface area contributed by atoms with E-state index in [-0.39, 0.29) is 5.04 Å². The fourth-order valence-corrected chi connectivity index (χ4v) is 9.29. The molecule has 0 atom stereocenters. The predicted octanol–water partition coefficient (Wildman–Crippen LogP) is 6.87. The molecule has 1 aromatic heterocycles. The molecule has 0 amide bonds. The summed E-state index contributed by atoms with van der Waals surface area (Å²) >= 11 is 1.70. The Morgan fingerprint density at radius 2 is 1.30 bits per heavy atom. The second-order valence-corrected chi connectivity index (χ2v) is 14.1. The van der Waals surface area contributed by atoms with Crippen molar-refractivity contribution < 1.29 is 9.16 Å². The molecule has 0 spiro atoms. The van der Waals surface area contributed by atoms with Crippen LogP contribution < -0.4 is 19.5 Å². The van der Waals surface area contributed by atoms with Crippen LogP contribution in [0.3, 0.4) is 0 Å². The molecule has 4 heteroatoms. The highest BCUT2D eigenvalue weighted by Crippen LogP contribution is 2.38. The van der Waals surface area contributed by atoms with Crippen molar-refractivity contribution in [1.29, 1.82) is 0 Å². The Hall–Kier alpha value is -3.08. The highest BCUT2D eigenvalue weighted by molar-refractivity contribution is 7.08. The second-order valence-electron chi connectivity index (χ2n) is 9.10. The number of ether oxygens (including phenoxy) is 1. The quantitative estimate of drug-likeness (QED) is 0.275. The van der Waals surface area contributed by atoms with E-state index in [0.29, 0.717) is 0 Å². The van der Waals surface area contributed by atoms with Crippen LogP contribution in [0, 0.1) is 0 Å². The molecule has 0 bridgehead atoms. The summed E-state index contributed by atoms with van der Waals surface area (Å²) in [6.07, 6.45) is 4.24. The number of hydrogen-bond donors (Lipinski definition) is 0. The first kappa shape index (κ1) is 23.1. The van der Waals surface area contributed by atoms with E-state index in [0.717, 1.165) is 17.1 Å². The molecule has 0 fully saturated rings. The molecule has 4 aromatic rings. The zero-order valence-electron chi connectivity index (χ0n) is 19.6. The Morgan fingerprint density at radius 1 is 0.727 bits per heavy atom. The van der Waals surface area contributed by atoms with Crippen LogP contribution in [-0.4, -0.2) is 15.4 Å². The van der Waals surface area contributed by atoms with Gasteiger partial charge in [-0.3, -0.25) is 0 Å². The lowest BCUT2D eigenvalue weighted by molar-refractivity contribution is 0.411. The summed E-state index contributed by atoms with van der Waals surface area (Å²) < 4.78 is 12.8. The first-order chi connectivity index (χ1) is 15.9. The molecule has 0 aliphatic heterocycles. The minimum atomic E-state index is -2.70. The summed E-state index contributed by atoms with van der Waals surface area (Å²) in [7, 11) is -1.00. The van der Waals surface area contributed by atoms with Crippen molar-refractivity contribution in [2.75, 3.05) is 7.11 Å². The van der Waals surface area contributed by atoms with Crippen LogP contribution in [0.4, 0.5) is 0 Å². The van der Waals surface area contributed by atoms with Gasteiger partial charge in [0.15, 0.2) is 0 Å². The van der Waals surface area contributed by atoms with Crippen LogP contribution >= 0.6 is 11.3 Å². The van der Waals surface area contributed by atoms with Gasteiger partial charge in [0.25, 0.3) is 0 Å². The van der Waals surface area contributed by atoms with Crippen molar-refractivity contribution >= 4 is 42.2 Å². The Kier molecular flexibility index (Phi) is 6.87. The van der Waals surface area contributed by atoms with Gasteiger partial charge in [0, 0.05) is 6.07 Å². The molecule has 1 heterocycles. The van der Waals surface area contributed by atoms with Gasteiger partial charge < -0.3 is 9.16 Å². The molecule has 0 aliphatic rings. The van der Waals surface area contributed by atoms with Gasteiger partial charge in [-0.1, -0.05) is 93.6 Å². The maximum Gasteiger partial charge on any atom is 0.319 e. The molecule has 0 aliphatic carbocycles. The van der Waals surface area contributed by atoms with Crippen LogP contribution in [0.25, 0.3) is 12.2 Å². The van der Waals surface area contributed by atoms with E-state index in [9.17, 15) is 0 Å². The minimum Gasteiger partial charge on any atom is -0.534 e. The van der Waals surface area contributed by atoms with E-state index in [4.69, 9.17) is 9.16 Å². The lowest BCUT2D eigenvalue weighted by Crippen LogP contribution is -2.68. The summed E-state index contributed by atoms with van der Waals surface area (Å²) in [5.41, 5.74) is 2.24. The van der Waals surface area contributed by atoms with Gasteiger partial charge in [0.1, 0.15) is 11.5 Å². The van der Waals surface area contributed by atoms with Crippen molar-refractivity contribution in [2.24, 2.45) is 0 Å². The number of thiophene rings is 1. The van der Waals surface area contributed by atoms with E-state index in [1.807, 2.05) is 12.1 Å². The molecular formula is C29H30O2SSi. The van der Waals surface area contributed by atoms with Gasteiger partial charge in [0.05, 0.1) is 7.11 Å².